The smallest absolute Gasteiger partial charge is 0.407 e. The number of carbonyl (C=O) groups is 1. The topological polar surface area (TPSA) is 69.6 Å². The molecule has 2 aromatic rings. The van der Waals surface area contributed by atoms with E-state index in [9.17, 15) is 4.79 Å². The lowest BCUT2D eigenvalue weighted by Gasteiger charge is -2.33. The Balaban J connectivity index is 1.89. The highest BCUT2D eigenvalue weighted by Crippen LogP contribution is 2.30. The number of hydrogen-bond acceptors (Lipinski definition) is 5. The largest absolute Gasteiger partial charge is 0.465 e. The summed E-state index contributed by atoms with van der Waals surface area (Å²) in [6.07, 6.45) is -0.873. The van der Waals surface area contributed by atoms with Crippen molar-refractivity contribution in [2.45, 2.75) is 0 Å². The van der Waals surface area contributed by atoms with Crippen molar-refractivity contribution in [1.82, 2.24) is 14.9 Å². The van der Waals surface area contributed by atoms with Crippen LogP contribution < -0.4 is 4.90 Å². The van der Waals surface area contributed by atoms with Crippen LogP contribution in [0.5, 0.6) is 0 Å². The lowest BCUT2D eigenvalue weighted by atomic mass is 10.3. The molecule has 0 atom stereocenters. The zero-order valence-electron chi connectivity index (χ0n) is 9.91. The summed E-state index contributed by atoms with van der Waals surface area (Å²) in [6, 6.07) is 1.91. The van der Waals surface area contributed by atoms with E-state index in [1.54, 1.807) is 11.3 Å². The molecule has 2 aromatic heterocycles. The fourth-order valence-electron chi connectivity index (χ4n) is 2.14. The van der Waals surface area contributed by atoms with Crippen LogP contribution in [0, 0.1) is 0 Å². The molecule has 6 nitrogen and oxygen atoms in total. The highest BCUT2D eigenvalue weighted by molar-refractivity contribution is 7.17. The number of aromatic nitrogens is 2. The van der Waals surface area contributed by atoms with Gasteiger partial charge in [-0.05, 0) is 23.0 Å². The van der Waals surface area contributed by atoms with Crippen LogP contribution in [0.15, 0.2) is 11.4 Å². The van der Waals surface area contributed by atoms with Crippen LogP contribution in [0.4, 0.5) is 10.6 Å². The van der Waals surface area contributed by atoms with Crippen molar-refractivity contribution in [2.24, 2.45) is 0 Å². The first-order chi connectivity index (χ1) is 9.15. The summed E-state index contributed by atoms with van der Waals surface area (Å²) >= 11 is 7.50. The van der Waals surface area contributed by atoms with Crippen molar-refractivity contribution in [3.8, 4) is 0 Å². The fourth-order valence-corrected chi connectivity index (χ4v) is 3.16. The van der Waals surface area contributed by atoms with E-state index in [2.05, 4.69) is 14.9 Å². The maximum Gasteiger partial charge on any atom is 0.407 e. The number of fused-ring (bicyclic) bond motifs is 1. The molecule has 3 rings (SSSR count). The molecule has 0 spiro atoms. The minimum absolute atomic E-state index is 0.224. The summed E-state index contributed by atoms with van der Waals surface area (Å²) in [7, 11) is 0. The van der Waals surface area contributed by atoms with Gasteiger partial charge >= 0.3 is 6.09 Å². The second-order valence-electron chi connectivity index (χ2n) is 4.21. The van der Waals surface area contributed by atoms with Gasteiger partial charge in [-0.15, -0.1) is 11.3 Å². The quantitative estimate of drug-likeness (QED) is 0.817. The Bertz CT molecular complexity index is 624. The number of hydrogen-bond donors (Lipinski definition) is 1. The Morgan fingerprint density at radius 3 is 2.74 bits per heavy atom. The third-order valence-corrected chi connectivity index (χ3v) is 4.18. The zero-order chi connectivity index (χ0) is 13.4. The van der Waals surface area contributed by atoms with Crippen molar-refractivity contribution in [3.05, 3.63) is 16.7 Å². The molecule has 1 fully saturated rings. The number of rotatable bonds is 1. The predicted molar refractivity (Wildman–Crippen MR) is 74.2 cm³/mol. The van der Waals surface area contributed by atoms with Gasteiger partial charge in [-0.25, -0.2) is 9.78 Å². The lowest BCUT2D eigenvalue weighted by molar-refractivity contribution is 0.142. The van der Waals surface area contributed by atoms with Crippen LogP contribution >= 0.6 is 22.9 Å². The zero-order valence-corrected chi connectivity index (χ0v) is 11.5. The van der Waals surface area contributed by atoms with Crippen LogP contribution in [0.1, 0.15) is 0 Å². The van der Waals surface area contributed by atoms with E-state index in [0.29, 0.717) is 26.2 Å². The van der Waals surface area contributed by atoms with Crippen LogP contribution in [0.2, 0.25) is 5.28 Å². The van der Waals surface area contributed by atoms with Gasteiger partial charge in [0.2, 0.25) is 5.28 Å². The second kappa shape index (κ2) is 4.82. The van der Waals surface area contributed by atoms with Gasteiger partial charge in [0, 0.05) is 26.2 Å². The maximum absolute atomic E-state index is 10.9. The molecule has 1 saturated heterocycles. The summed E-state index contributed by atoms with van der Waals surface area (Å²) < 4.78 is 0.994. The van der Waals surface area contributed by atoms with E-state index in [1.165, 1.54) is 4.90 Å². The van der Waals surface area contributed by atoms with Crippen molar-refractivity contribution in [1.29, 1.82) is 0 Å². The Morgan fingerprint density at radius 2 is 2.05 bits per heavy atom. The van der Waals surface area contributed by atoms with Crippen LogP contribution in [-0.4, -0.2) is 52.2 Å². The number of thiophene rings is 1. The van der Waals surface area contributed by atoms with Crippen LogP contribution in [-0.2, 0) is 0 Å². The van der Waals surface area contributed by atoms with Gasteiger partial charge in [-0.3, -0.25) is 0 Å². The minimum Gasteiger partial charge on any atom is -0.465 e. The number of halogens is 1. The van der Waals surface area contributed by atoms with Gasteiger partial charge < -0.3 is 14.9 Å². The van der Waals surface area contributed by atoms with E-state index in [1.807, 2.05) is 11.4 Å². The Morgan fingerprint density at radius 1 is 1.32 bits per heavy atom. The van der Waals surface area contributed by atoms with E-state index >= 15 is 0 Å². The minimum atomic E-state index is -0.873. The summed E-state index contributed by atoms with van der Waals surface area (Å²) in [5.74, 6) is 0.801. The van der Waals surface area contributed by atoms with E-state index in [-0.39, 0.29) is 5.28 Å². The number of anilines is 1. The summed E-state index contributed by atoms with van der Waals surface area (Å²) in [5, 5.41) is 11.1. The molecule has 0 bridgehead atoms. The molecule has 1 aliphatic heterocycles. The highest BCUT2D eigenvalue weighted by Gasteiger charge is 2.23. The molecule has 0 aliphatic carbocycles. The monoisotopic (exact) mass is 298 g/mol. The molecule has 0 unspecified atom stereocenters. The molecule has 1 N–H and O–H groups in total. The van der Waals surface area contributed by atoms with Crippen molar-refractivity contribution in [3.63, 3.8) is 0 Å². The Labute approximate surface area is 118 Å². The standard InChI is InChI=1S/C11H11ClN4O2S/c12-10-13-7-1-6-19-8(7)9(14-10)15-2-4-16(5-3-15)11(17)18/h1,6H,2-5H2,(H,17,18). The Kier molecular flexibility index (Phi) is 3.16. The Hall–Kier alpha value is -1.60. The number of amides is 1. The SMILES string of the molecule is O=C(O)N1CCN(c2nc(Cl)nc3ccsc23)CC1. The van der Waals surface area contributed by atoms with Crippen molar-refractivity contribution >= 4 is 45.1 Å². The van der Waals surface area contributed by atoms with Gasteiger partial charge in [-0.2, -0.15) is 4.98 Å². The van der Waals surface area contributed by atoms with E-state index < -0.39 is 6.09 Å². The van der Waals surface area contributed by atoms with Gasteiger partial charge in [0.25, 0.3) is 0 Å². The average molecular weight is 299 g/mol. The van der Waals surface area contributed by atoms with E-state index in [4.69, 9.17) is 16.7 Å². The molecule has 0 saturated carbocycles. The summed E-state index contributed by atoms with van der Waals surface area (Å²) in [4.78, 5) is 22.8. The highest BCUT2D eigenvalue weighted by atomic mass is 35.5. The third kappa shape index (κ3) is 2.31. The van der Waals surface area contributed by atoms with Gasteiger partial charge in [0.05, 0.1) is 10.2 Å². The van der Waals surface area contributed by atoms with Crippen molar-refractivity contribution in [2.75, 3.05) is 31.1 Å². The third-order valence-electron chi connectivity index (χ3n) is 3.11. The summed E-state index contributed by atoms with van der Waals surface area (Å²) in [5.41, 5.74) is 0.834. The molecule has 8 heteroatoms. The maximum atomic E-state index is 10.9. The van der Waals surface area contributed by atoms with Gasteiger partial charge in [0.15, 0.2) is 5.82 Å². The molecular weight excluding hydrogens is 288 g/mol. The number of carboxylic acid groups (broad SMARTS) is 1. The number of piperazine rings is 1. The molecule has 0 radical (unpaired) electrons. The molecule has 1 amide bonds. The molecule has 3 heterocycles. The summed E-state index contributed by atoms with van der Waals surface area (Å²) in [6.45, 7) is 2.19. The first kappa shape index (κ1) is 12.4. The van der Waals surface area contributed by atoms with Gasteiger partial charge in [0.1, 0.15) is 0 Å². The molecule has 100 valence electrons. The van der Waals surface area contributed by atoms with Crippen molar-refractivity contribution < 1.29 is 9.90 Å². The van der Waals surface area contributed by atoms with Crippen LogP contribution in [0.3, 0.4) is 0 Å². The molecule has 19 heavy (non-hydrogen) atoms. The first-order valence-electron chi connectivity index (χ1n) is 5.79. The van der Waals surface area contributed by atoms with Gasteiger partial charge in [-0.1, -0.05) is 0 Å². The normalized spacial score (nSPS) is 16.1. The first-order valence-corrected chi connectivity index (χ1v) is 7.04. The van der Waals surface area contributed by atoms with Crippen LogP contribution in [0.25, 0.3) is 10.2 Å². The lowest BCUT2D eigenvalue weighted by Crippen LogP contribution is -2.48. The average Bonchev–Trinajstić information content (AvgIpc) is 2.85. The molecule has 1 aliphatic rings. The fraction of sp³-hybridized carbons (Fsp3) is 0.364. The second-order valence-corrected chi connectivity index (χ2v) is 5.46. The molecular formula is C11H11ClN4O2S. The number of nitrogens with zero attached hydrogens (tertiary/aromatic N) is 4. The molecule has 0 aromatic carbocycles. The van der Waals surface area contributed by atoms with E-state index in [0.717, 1.165) is 16.0 Å². The predicted octanol–water partition coefficient (Wildman–Crippen LogP) is 2.14.